The summed E-state index contributed by atoms with van der Waals surface area (Å²) < 4.78 is 26.7. The molecule has 0 atom stereocenters. The van der Waals surface area contributed by atoms with Crippen LogP contribution in [0.25, 0.3) is 0 Å². The highest BCUT2D eigenvalue weighted by molar-refractivity contribution is 7.89. The standard InChI is InChI=1S/C11H16Cl2N2O2S/c1-7(2)15-18(16,17)10-5-9(12)4-8(6-14-3)11(10)13/h4-5,7,14-15H,6H2,1-3H3. The van der Waals surface area contributed by atoms with Gasteiger partial charge in [-0.3, -0.25) is 0 Å². The fourth-order valence-electron chi connectivity index (χ4n) is 1.51. The lowest BCUT2D eigenvalue weighted by Gasteiger charge is -2.13. The SMILES string of the molecule is CNCc1cc(Cl)cc(S(=O)(=O)NC(C)C)c1Cl. The van der Waals surface area contributed by atoms with Crippen molar-refractivity contribution in [1.29, 1.82) is 0 Å². The Bertz CT molecular complexity index is 530. The number of benzene rings is 1. The summed E-state index contributed by atoms with van der Waals surface area (Å²) in [7, 11) is -1.90. The van der Waals surface area contributed by atoms with Crippen molar-refractivity contribution in [2.45, 2.75) is 31.3 Å². The second-order valence-electron chi connectivity index (χ2n) is 4.18. The van der Waals surface area contributed by atoms with E-state index >= 15 is 0 Å². The molecule has 7 heteroatoms. The quantitative estimate of drug-likeness (QED) is 0.878. The Morgan fingerprint density at radius 3 is 2.39 bits per heavy atom. The Morgan fingerprint density at radius 2 is 1.89 bits per heavy atom. The minimum Gasteiger partial charge on any atom is -0.316 e. The molecule has 0 radical (unpaired) electrons. The molecule has 102 valence electrons. The monoisotopic (exact) mass is 310 g/mol. The van der Waals surface area contributed by atoms with E-state index in [4.69, 9.17) is 23.2 Å². The van der Waals surface area contributed by atoms with Gasteiger partial charge in [0.25, 0.3) is 0 Å². The molecule has 0 aliphatic carbocycles. The molecule has 0 unspecified atom stereocenters. The van der Waals surface area contributed by atoms with Gasteiger partial charge in [0, 0.05) is 17.6 Å². The summed E-state index contributed by atoms with van der Waals surface area (Å²) in [6.45, 7) is 3.93. The van der Waals surface area contributed by atoms with Gasteiger partial charge in [0.05, 0.1) is 5.02 Å². The van der Waals surface area contributed by atoms with E-state index in [1.54, 1.807) is 27.0 Å². The number of nitrogens with one attached hydrogen (secondary N) is 2. The first kappa shape index (κ1) is 15.7. The van der Waals surface area contributed by atoms with E-state index in [0.717, 1.165) is 0 Å². The second kappa shape index (κ2) is 6.21. The van der Waals surface area contributed by atoms with Crippen molar-refractivity contribution in [3.63, 3.8) is 0 Å². The van der Waals surface area contributed by atoms with E-state index in [1.165, 1.54) is 6.07 Å². The summed E-state index contributed by atoms with van der Waals surface area (Å²) in [6.07, 6.45) is 0. The molecule has 0 heterocycles. The minimum atomic E-state index is -3.65. The largest absolute Gasteiger partial charge is 0.316 e. The summed E-state index contributed by atoms with van der Waals surface area (Å²) in [6, 6.07) is 2.79. The van der Waals surface area contributed by atoms with Gasteiger partial charge in [-0.15, -0.1) is 0 Å². The Balaban J connectivity index is 3.32. The van der Waals surface area contributed by atoms with Crippen molar-refractivity contribution < 1.29 is 8.42 Å². The summed E-state index contributed by atoms with van der Waals surface area (Å²) in [5.41, 5.74) is 0.649. The molecule has 0 saturated heterocycles. The molecular weight excluding hydrogens is 295 g/mol. The maximum absolute atomic E-state index is 12.1. The van der Waals surface area contributed by atoms with Crippen LogP contribution in [0.1, 0.15) is 19.4 Å². The van der Waals surface area contributed by atoms with E-state index in [-0.39, 0.29) is 16.0 Å². The highest BCUT2D eigenvalue weighted by Gasteiger charge is 2.21. The lowest BCUT2D eigenvalue weighted by molar-refractivity contribution is 0.569. The highest BCUT2D eigenvalue weighted by Crippen LogP contribution is 2.29. The molecule has 0 aliphatic heterocycles. The van der Waals surface area contributed by atoms with Crippen molar-refractivity contribution in [3.05, 3.63) is 27.7 Å². The Morgan fingerprint density at radius 1 is 1.28 bits per heavy atom. The number of hydrogen-bond acceptors (Lipinski definition) is 3. The molecule has 2 N–H and O–H groups in total. The second-order valence-corrected chi connectivity index (χ2v) is 6.68. The molecule has 1 aromatic carbocycles. The molecule has 0 aromatic heterocycles. The van der Waals surface area contributed by atoms with Gasteiger partial charge in [0.2, 0.25) is 10.0 Å². The zero-order valence-corrected chi connectivity index (χ0v) is 12.7. The van der Waals surface area contributed by atoms with E-state index in [1.807, 2.05) is 0 Å². The van der Waals surface area contributed by atoms with E-state index in [2.05, 4.69) is 10.0 Å². The minimum absolute atomic E-state index is 0.00983. The Labute approximate surface area is 118 Å². The van der Waals surface area contributed by atoms with Crippen molar-refractivity contribution >= 4 is 33.2 Å². The first-order chi connectivity index (χ1) is 8.27. The van der Waals surface area contributed by atoms with Gasteiger partial charge in [0.1, 0.15) is 4.90 Å². The third-order valence-electron chi connectivity index (χ3n) is 2.13. The van der Waals surface area contributed by atoms with Gasteiger partial charge < -0.3 is 5.32 Å². The van der Waals surface area contributed by atoms with Crippen LogP contribution in [0.5, 0.6) is 0 Å². The van der Waals surface area contributed by atoms with Crippen LogP contribution in [-0.2, 0) is 16.6 Å². The lowest BCUT2D eigenvalue weighted by Crippen LogP contribution is -2.30. The van der Waals surface area contributed by atoms with E-state index in [0.29, 0.717) is 17.1 Å². The average molecular weight is 311 g/mol. The van der Waals surface area contributed by atoms with Crippen LogP contribution in [0, 0.1) is 0 Å². The smallest absolute Gasteiger partial charge is 0.242 e. The molecule has 0 bridgehead atoms. The zero-order valence-electron chi connectivity index (χ0n) is 10.4. The molecule has 4 nitrogen and oxygen atoms in total. The summed E-state index contributed by atoms with van der Waals surface area (Å²) >= 11 is 12.0. The normalized spacial score (nSPS) is 12.1. The van der Waals surface area contributed by atoms with Gasteiger partial charge in [0.15, 0.2) is 0 Å². The zero-order chi connectivity index (χ0) is 13.9. The van der Waals surface area contributed by atoms with Crippen LogP contribution in [0.15, 0.2) is 17.0 Å². The third-order valence-corrected chi connectivity index (χ3v) is 4.59. The Kier molecular flexibility index (Phi) is 5.43. The number of hydrogen-bond donors (Lipinski definition) is 2. The van der Waals surface area contributed by atoms with Gasteiger partial charge in [-0.05, 0) is 38.6 Å². The van der Waals surface area contributed by atoms with Crippen molar-refractivity contribution in [1.82, 2.24) is 10.0 Å². The number of sulfonamides is 1. The first-order valence-electron chi connectivity index (χ1n) is 5.42. The van der Waals surface area contributed by atoms with Crippen molar-refractivity contribution in [3.8, 4) is 0 Å². The third kappa shape index (κ3) is 3.83. The fraction of sp³-hybridized carbons (Fsp3) is 0.455. The molecule has 0 saturated carbocycles. The van der Waals surface area contributed by atoms with Gasteiger partial charge in [-0.1, -0.05) is 23.2 Å². The van der Waals surface area contributed by atoms with Crippen LogP contribution < -0.4 is 10.0 Å². The predicted octanol–water partition coefficient (Wildman–Crippen LogP) is 2.40. The molecule has 18 heavy (non-hydrogen) atoms. The predicted molar refractivity (Wildman–Crippen MR) is 74.7 cm³/mol. The molecule has 1 aromatic rings. The fourth-order valence-corrected chi connectivity index (χ4v) is 3.69. The maximum Gasteiger partial charge on any atom is 0.242 e. The first-order valence-corrected chi connectivity index (χ1v) is 7.66. The van der Waals surface area contributed by atoms with Crippen molar-refractivity contribution in [2.24, 2.45) is 0 Å². The summed E-state index contributed by atoms with van der Waals surface area (Å²) in [4.78, 5) is 0.00983. The molecule has 0 amide bonds. The Hall–Kier alpha value is -0.330. The maximum atomic E-state index is 12.1. The average Bonchev–Trinajstić information content (AvgIpc) is 2.21. The lowest BCUT2D eigenvalue weighted by atomic mass is 10.2. The highest BCUT2D eigenvalue weighted by atomic mass is 35.5. The molecule has 0 spiro atoms. The number of halogens is 2. The van der Waals surface area contributed by atoms with Gasteiger partial charge in [-0.25, -0.2) is 13.1 Å². The summed E-state index contributed by atoms with van der Waals surface area (Å²) in [5, 5.41) is 3.45. The topological polar surface area (TPSA) is 58.2 Å². The van der Waals surface area contributed by atoms with Crippen LogP contribution in [0.3, 0.4) is 0 Å². The van der Waals surface area contributed by atoms with E-state index < -0.39 is 10.0 Å². The molecule has 1 rings (SSSR count). The van der Waals surface area contributed by atoms with Gasteiger partial charge in [-0.2, -0.15) is 0 Å². The molecule has 0 fully saturated rings. The number of rotatable bonds is 5. The molecular formula is C11H16Cl2N2O2S. The van der Waals surface area contributed by atoms with Gasteiger partial charge >= 0.3 is 0 Å². The van der Waals surface area contributed by atoms with Crippen LogP contribution in [0.4, 0.5) is 0 Å². The van der Waals surface area contributed by atoms with Crippen LogP contribution in [0.2, 0.25) is 10.0 Å². The van der Waals surface area contributed by atoms with Crippen molar-refractivity contribution in [2.75, 3.05) is 7.05 Å². The molecule has 0 aliphatic rings. The summed E-state index contributed by atoms with van der Waals surface area (Å²) in [5.74, 6) is 0. The van der Waals surface area contributed by atoms with Crippen LogP contribution in [-0.4, -0.2) is 21.5 Å². The van der Waals surface area contributed by atoms with E-state index in [9.17, 15) is 8.42 Å². The van der Waals surface area contributed by atoms with Crippen LogP contribution >= 0.6 is 23.2 Å².